The van der Waals surface area contributed by atoms with Gasteiger partial charge in [-0.2, -0.15) is 0 Å². The minimum atomic E-state index is -0.780. The number of hydrogen-bond acceptors (Lipinski definition) is 4. The number of carbonyl (C=O) groups is 2. The highest BCUT2D eigenvalue weighted by Gasteiger charge is 2.16. The van der Waals surface area contributed by atoms with Gasteiger partial charge in [0.05, 0.1) is 5.69 Å². The predicted octanol–water partition coefficient (Wildman–Crippen LogP) is 4.02. The Kier molecular flexibility index (Phi) is 4.48. The maximum absolute atomic E-state index is 13.6. The van der Waals surface area contributed by atoms with Crippen molar-refractivity contribution >= 4 is 40.1 Å². The Morgan fingerprint density at radius 2 is 1.96 bits per heavy atom. The van der Waals surface area contributed by atoms with Gasteiger partial charge in [-0.05, 0) is 30.3 Å². The molecular weight excluding hydrogens is 337 g/mol. The first kappa shape index (κ1) is 16.0. The minimum absolute atomic E-state index is 0.0123. The van der Waals surface area contributed by atoms with Gasteiger partial charge in [-0.3, -0.25) is 4.79 Å². The van der Waals surface area contributed by atoms with E-state index in [-0.39, 0.29) is 16.5 Å². The molecule has 0 saturated heterocycles. The number of ether oxygens (including phenoxy) is 1. The molecule has 5 nitrogen and oxygen atoms in total. The van der Waals surface area contributed by atoms with Crippen molar-refractivity contribution in [2.75, 3.05) is 11.9 Å². The molecular formula is C17H11ClFNO4. The maximum atomic E-state index is 13.6. The van der Waals surface area contributed by atoms with Crippen LogP contribution in [0.15, 0.2) is 52.9 Å². The van der Waals surface area contributed by atoms with E-state index in [1.54, 1.807) is 24.3 Å². The lowest BCUT2D eigenvalue weighted by atomic mass is 10.2. The second-order valence-corrected chi connectivity index (χ2v) is 5.33. The summed E-state index contributed by atoms with van der Waals surface area (Å²) in [5, 5.41) is 3.25. The van der Waals surface area contributed by atoms with Gasteiger partial charge in [0, 0.05) is 10.4 Å². The Labute approximate surface area is 141 Å². The summed E-state index contributed by atoms with van der Waals surface area (Å²) < 4.78 is 23.8. The molecule has 0 saturated carbocycles. The Bertz CT molecular complexity index is 889. The molecule has 0 aliphatic carbocycles. The summed E-state index contributed by atoms with van der Waals surface area (Å²) in [4.78, 5) is 23.6. The van der Waals surface area contributed by atoms with Crippen molar-refractivity contribution in [1.82, 2.24) is 0 Å². The zero-order chi connectivity index (χ0) is 17.1. The van der Waals surface area contributed by atoms with E-state index in [1.165, 1.54) is 18.2 Å². The van der Waals surface area contributed by atoms with Crippen LogP contribution < -0.4 is 5.32 Å². The van der Waals surface area contributed by atoms with Crippen LogP contribution in [-0.2, 0) is 9.53 Å². The molecule has 0 atom stereocenters. The molecule has 0 bridgehead atoms. The van der Waals surface area contributed by atoms with Crippen LogP contribution in [0.4, 0.5) is 10.1 Å². The Morgan fingerprint density at radius 3 is 2.71 bits per heavy atom. The minimum Gasteiger partial charge on any atom is -0.450 e. The molecule has 1 aromatic heterocycles. The van der Waals surface area contributed by atoms with Gasteiger partial charge in [-0.25, -0.2) is 9.18 Å². The van der Waals surface area contributed by atoms with Crippen LogP contribution in [0.5, 0.6) is 0 Å². The second-order valence-electron chi connectivity index (χ2n) is 4.90. The Hall–Kier alpha value is -2.86. The zero-order valence-electron chi connectivity index (χ0n) is 12.2. The molecule has 7 heteroatoms. The average molecular weight is 348 g/mol. The fourth-order valence-corrected chi connectivity index (χ4v) is 2.22. The first-order valence-electron chi connectivity index (χ1n) is 6.93. The van der Waals surface area contributed by atoms with Gasteiger partial charge in [0.15, 0.2) is 6.61 Å². The van der Waals surface area contributed by atoms with E-state index in [4.69, 9.17) is 20.8 Å². The first-order chi connectivity index (χ1) is 11.5. The van der Waals surface area contributed by atoms with Crippen LogP contribution in [0.2, 0.25) is 5.02 Å². The van der Waals surface area contributed by atoms with E-state index in [0.29, 0.717) is 5.58 Å². The van der Waals surface area contributed by atoms with Crippen LogP contribution in [0.25, 0.3) is 11.0 Å². The van der Waals surface area contributed by atoms with Gasteiger partial charge in [0.2, 0.25) is 5.76 Å². The van der Waals surface area contributed by atoms with Crippen LogP contribution in [0, 0.1) is 5.82 Å². The third-order valence-electron chi connectivity index (χ3n) is 3.17. The highest BCUT2D eigenvalue weighted by Crippen LogP contribution is 2.20. The van der Waals surface area contributed by atoms with Crippen LogP contribution in [0.1, 0.15) is 10.6 Å². The van der Waals surface area contributed by atoms with E-state index < -0.39 is 24.3 Å². The van der Waals surface area contributed by atoms with E-state index in [0.717, 1.165) is 11.5 Å². The molecule has 0 unspecified atom stereocenters. The number of fused-ring (bicyclic) bond motifs is 1. The molecule has 3 rings (SSSR count). The summed E-state index contributed by atoms with van der Waals surface area (Å²) >= 11 is 5.63. The summed E-state index contributed by atoms with van der Waals surface area (Å²) in [6, 6.07) is 12.4. The number of carbonyl (C=O) groups excluding carboxylic acids is 2. The van der Waals surface area contributed by atoms with Crippen molar-refractivity contribution < 1.29 is 23.1 Å². The molecule has 1 N–H and O–H groups in total. The molecule has 0 aliphatic heterocycles. The first-order valence-corrected chi connectivity index (χ1v) is 7.31. The highest BCUT2D eigenvalue weighted by atomic mass is 35.5. The van der Waals surface area contributed by atoms with Crippen LogP contribution in [0.3, 0.4) is 0 Å². The number of hydrogen-bond donors (Lipinski definition) is 1. The quantitative estimate of drug-likeness (QED) is 0.724. The van der Waals surface area contributed by atoms with Crippen molar-refractivity contribution in [3.63, 3.8) is 0 Å². The number of halogens is 2. The third-order valence-corrected chi connectivity index (χ3v) is 3.40. The van der Waals surface area contributed by atoms with Crippen molar-refractivity contribution in [2.45, 2.75) is 0 Å². The number of benzene rings is 2. The molecule has 0 spiro atoms. The normalized spacial score (nSPS) is 10.6. The number of anilines is 1. The largest absolute Gasteiger partial charge is 0.450 e. The molecule has 1 heterocycles. The molecule has 24 heavy (non-hydrogen) atoms. The van der Waals surface area contributed by atoms with Gasteiger partial charge >= 0.3 is 5.97 Å². The van der Waals surface area contributed by atoms with E-state index >= 15 is 0 Å². The number of esters is 1. The number of para-hydroxylation sites is 1. The molecule has 0 aliphatic rings. The van der Waals surface area contributed by atoms with Crippen molar-refractivity contribution in [2.24, 2.45) is 0 Å². The summed E-state index contributed by atoms with van der Waals surface area (Å²) in [5.41, 5.74) is 0.487. The van der Waals surface area contributed by atoms with E-state index in [1.807, 2.05) is 0 Å². The summed E-state index contributed by atoms with van der Waals surface area (Å²) in [6.45, 7) is -0.571. The van der Waals surface area contributed by atoms with Crippen molar-refractivity contribution in [1.29, 1.82) is 0 Å². The smallest absolute Gasteiger partial charge is 0.374 e. The molecule has 2 aromatic carbocycles. The number of nitrogens with one attached hydrogen (secondary N) is 1. The third kappa shape index (κ3) is 3.55. The fraction of sp³-hybridized carbons (Fsp3) is 0.0588. The van der Waals surface area contributed by atoms with Gasteiger partial charge in [0.1, 0.15) is 11.4 Å². The molecule has 0 radical (unpaired) electrons. The van der Waals surface area contributed by atoms with Crippen molar-refractivity contribution in [3.8, 4) is 0 Å². The van der Waals surface area contributed by atoms with Gasteiger partial charge < -0.3 is 14.5 Å². The highest BCUT2D eigenvalue weighted by molar-refractivity contribution is 6.30. The zero-order valence-corrected chi connectivity index (χ0v) is 13.0. The topological polar surface area (TPSA) is 68.5 Å². The van der Waals surface area contributed by atoms with Gasteiger partial charge in [-0.1, -0.05) is 29.8 Å². The Balaban J connectivity index is 1.60. The van der Waals surface area contributed by atoms with Crippen molar-refractivity contribution in [3.05, 3.63) is 65.1 Å². The lowest BCUT2D eigenvalue weighted by Gasteiger charge is -2.06. The van der Waals surface area contributed by atoms with E-state index in [9.17, 15) is 14.0 Å². The number of furan rings is 1. The maximum Gasteiger partial charge on any atom is 0.374 e. The lowest BCUT2D eigenvalue weighted by molar-refractivity contribution is -0.119. The predicted molar refractivity (Wildman–Crippen MR) is 86.5 cm³/mol. The standard InChI is InChI=1S/C17H11ClFNO4/c18-11-5-6-13(12(19)8-11)20-16(21)9-23-17(22)15-7-10-3-1-2-4-14(10)24-15/h1-8H,9H2,(H,20,21). The molecule has 3 aromatic rings. The number of amides is 1. The summed E-state index contributed by atoms with van der Waals surface area (Å²) in [6.07, 6.45) is 0. The molecule has 1 amide bonds. The summed E-state index contributed by atoms with van der Waals surface area (Å²) in [5.74, 6) is -2.15. The SMILES string of the molecule is O=C(COC(=O)c1cc2ccccc2o1)Nc1ccc(Cl)cc1F. The van der Waals surface area contributed by atoms with Crippen LogP contribution >= 0.6 is 11.6 Å². The number of rotatable bonds is 4. The van der Waals surface area contributed by atoms with Gasteiger partial charge in [-0.15, -0.1) is 0 Å². The summed E-state index contributed by atoms with van der Waals surface area (Å²) in [7, 11) is 0. The lowest BCUT2D eigenvalue weighted by Crippen LogP contribution is -2.21. The van der Waals surface area contributed by atoms with Gasteiger partial charge in [0.25, 0.3) is 5.91 Å². The average Bonchev–Trinajstić information content (AvgIpc) is 2.99. The molecule has 122 valence electrons. The molecule has 0 fully saturated rings. The second kappa shape index (κ2) is 6.72. The monoisotopic (exact) mass is 347 g/mol. The van der Waals surface area contributed by atoms with Crippen LogP contribution in [-0.4, -0.2) is 18.5 Å². The fourth-order valence-electron chi connectivity index (χ4n) is 2.06. The van der Waals surface area contributed by atoms with E-state index in [2.05, 4.69) is 5.32 Å². The Morgan fingerprint density at radius 1 is 1.17 bits per heavy atom.